The molecule has 2 aromatic carbocycles. The van der Waals surface area contributed by atoms with Gasteiger partial charge in [-0.05, 0) is 42.8 Å². The zero-order valence-corrected chi connectivity index (χ0v) is 11.8. The lowest BCUT2D eigenvalue weighted by Gasteiger charge is -2.09. The standard InChI is InChI=1S/C15H11F3N2S/c1-8-2-5-13-12(6-8)20-14(21-13)10-4-3-9(7-11(10)19)15(16,17)18/h2-7H,19H2,1H3. The van der Waals surface area contributed by atoms with Gasteiger partial charge in [0, 0.05) is 11.3 Å². The summed E-state index contributed by atoms with van der Waals surface area (Å²) in [5.41, 5.74) is 7.54. The molecule has 1 heterocycles. The quantitative estimate of drug-likeness (QED) is 0.651. The maximum Gasteiger partial charge on any atom is 0.416 e. The lowest BCUT2D eigenvalue weighted by molar-refractivity contribution is -0.137. The number of aromatic nitrogens is 1. The molecule has 6 heteroatoms. The van der Waals surface area contributed by atoms with E-state index in [-0.39, 0.29) is 5.69 Å². The fraction of sp³-hybridized carbons (Fsp3) is 0.133. The van der Waals surface area contributed by atoms with Gasteiger partial charge in [-0.15, -0.1) is 11.3 Å². The third kappa shape index (κ3) is 2.58. The zero-order valence-electron chi connectivity index (χ0n) is 11.0. The van der Waals surface area contributed by atoms with Crippen molar-refractivity contribution in [1.29, 1.82) is 0 Å². The van der Waals surface area contributed by atoms with Crippen LogP contribution in [0.2, 0.25) is 0 Å². The largest absolute Gasteiger partial charge is 0.416 e. The second-order valence-corrected chi connectivity index (χ2v) is 5.82. The minimum atomic E-state index is -4.39. The van der Waals surface area contributed by atoms with Crippen molar-refractivity contribution in [3.8, 4) is 10.6 Å². The van der Waals surface area contributed by atoms with Crippen molar-refractivity contribution in [3.63, 3.8) is 0 Å². The maximum atomic E-state index is 12.6. The zero-order chi connectivity index (χ0) is 15.2. The first kappa shape index (κ1) is 13.9. The maximum absolute atomic E-state index is 12.6. The molecular weight excluding hydrogens is 297 g/mol. The summed E-state index contributed by atoms with van der Waals surface area (Å²) in [6.07, 6.45) is -4.39. The average molecular weight is 308 g/mol. The summed E-state index contributed by atoms with van der Waals surface area (Å²) in [6, 6.07) is 9.22. The fourth-order valence-electron chi connectivity index (χ4n) is 2.09. The van der Waals surface area contributed by atoms with Crippen molar-refractivity contribution in [3.05, 3.63) is 47.5 Å². The van der Waals surface area contributed by atoms with E-state index in [2.05, 4.69) is 4.98 Å². The Kier molecular flexibility index (Phi) is 3.13. The number of halogens is 3. The van der Waals surface area contributed by atoms with Crippen molar-refractivity contribution in [2.24, 2.45) is 0 Å². The molecule has 0 aliphatic heterocycles. The van der Waals surface area contributed by atoms with E-state index in [1.807, 2.05) is 25.1 Å². The van der Waals surface area contributed by atoms with Crippen LogP contribution in [0.5, 0.6) is 0 Å². The highest BCUT2D eigenvalue weighted by Crippen LogP contribution is 2.37. The Morgan fingerprint density at radius 2 is 1.86 bits per heavy atom. The van der Waals surface area contributed by atoms with Gasteiger partial charge in [0.25, 0.3) is 0 Å². The van der Waals surface area contributed by atoms with E-state index >= 15 is 0 Å². The van der Waals surface area contributed by atoms with Gasteiger partial charge in [-0.2, -0.15) is 13.2 Å². The number of hydrogen-bond acceptors (Lipinski definition) is 3. The van der Waals surface area contributed by atoms with Gasteiger partial charge in [0.05, 0.1) is 15.8 Å². The molecule has 21 heavy (non-hydrogen) atoms. The van der Waals surface area contributed by atoms with Crippen LogP contribution in [-0.2, 0) is 6.18 Å². The van der Waals surface area contributed by atoms with E-state index in [0.29, 0.717) is 10.6 Å². The molecule has 108 valence electrons. The van der Waals surface area contributed by atoms with Gasteiger partial charge in [-0.3, -0.25) is 0 Å². The summed E-state index contributed by atoms with van der Waals surface area (Å²) in [4.78, 5) is 4.45. The van der Waals surface area contributed by atoms with Crippen molar-refractivity contribution < 1.29 is 13.2 Å². The Bertz CT molecular complexity index is 821. The van der Waals surface area contributed by atoms with E-state index < -0.39 is 11.7 Å². The highest BCUT2D eigenvalue weighted by Gasteiger charge is 2.31. The number of nitrogen functional groups attached to an aromatic ring is 1. The minimum absolute atomic E-state index is 0.0839. The SMILES string of the molecule is Cc1ccc2sc(-c3ccc(C(F)(F)F)cc3N)nc2c1. The number of rotatable bonds is 1. The summed E-state index contributed by atoms with van der Waals surface area (Å²) in [5, 5.41) is 0.627. The van der Waals surface area contributed by atoms with Crippen LogP contribution in [0.15, 0.2) is 36.4 Å². The number of benzene rings is 2. The number of alkyl halides is 3. The van der Waals surface area contributed by atoms with Crippen LogP contribution in [0.4, 0.5) is 18.9 Å². The molecule has 0 aliphatic rings. The van der Waals surface area contributed by atoms with Gasteiger partial charge in [0.2, 0.25) is 0 Å². The molecule has 2 N–H and O–H groups in total. The van der Waals surface area contributed by atoms with Gasteiger partial charge >= 0.3 is 6.18 Å². The summed E-state index contributed by atoms with van der Waals surface area (Å²) in [5.74, 6) is 0. The van der Waals surface area contributed by atoms with Crippen LogP contribution < -0.4 is 5.73 Å². The lowest BCUT2D eigenvalue weighted by Crippen LogP contribution is -2.05. The van der Waals surface area contributed by atoms with E-state index in [4.69, 9.17) is 5.73 Å². The highest BCUT2D eigenvalue weighted by molar-refractivity contribution is 7.21. The first-order chi connectivity index (χ1) is 9.84. The monoisotopic (exact) mass is 308 g/mol. The highest BCUT2D eigenvalue weighted by atomic mass is 32.1. The molecule has 3 aromatic rings. The summed E-state index contributed by atoms with van der Waals surface area (Å²) in [7, 11) is 0. The molecule has 2 nitrogen and oxygen atoms in total. The molecular formula is C15H11F3N2S. The number of nitrogens with two attached hydrogens (primary N) is 1. The molecule has 1 aromatic heterocycles. The third-order valence-corrected chi connectivity index (χ3v) is 4.22. The Labute approximate surface area is 123 Å². The molecule has 0 radical (unpaired) electrons. The molecule has 3 rings (SSSR count). The first-order valence-electron chi connectivity index (χ1n) is 6.19. The first-order valence-corrected chi connectivity index (χ1v) is 7.00. The Balaban J connectivity index is 2.10. The van der Waals surface area contributed by atoms with Crippen LogP contribution in [0.25, 0.3) is 20.8 Å². The molecule has 0 fully saturated rings. The number of anilines is 1. The van der Waals surface area contributed by atoms with Crippen molar-refractivity contribution in [2.45, 2.75) is 13.1 Å². The van der Waals surface area contributed by atoms with E-state index in [1.165, 1.54) is 17.4 Å². The molecule has 0 atom stereocenters. The number of hydrogen-bond donors (Lipinski definition) is 1. The summed E-state index contributed by atoms with van der Waals surface area (Å²) in [6.45, 7) is 1.96. The van der Waals surface area contributed by atoms with E-state index in [1.54, 1.807) is 0 Å². The van der Waals surface area contributed by atoms with Crippen molar-refractivity contribution >= 4 is 27.2 Å². The smallest absolute Gasteiger partial charge is 0.398 e. The van der Waals surface area contributed by atoms with Crippen LogP contribution in [0, 0.1) is 6.92 Å². The molecule has 0 bridgehead atoms. The van der Waals surface area contributed by atoms with Gasteiger partial charge in [0.15, 0.2) is 0 Å². The topological polar surface area (TPSA) is 38.9 Å². The molecule has 0 saturated heterocycles. The van der Waals surface area contributed by atoms with Crippen LogP contribution in [0.3, 0.4) is 0 Å². The summed E-state index contributed by atoms with van der Waals surface area (Å²) >= 11 is 1.41. The van der Waals surface area contributed by atoms with Crippen molar-refractivity contribution in [2.75, 3.05) is 5.73 Å². The normalized spacial score (nSPS) is 12.0. The molecule has 0 spiro atoms. The second kappa shape index (κ2) is 4.73. The van der Waals surface area contributed by atoms with Gasteiger partial charge in [0.1, 0.15) is 5.01 Å². The molecule has 0 unspecified atom stereocenters. The van der Waals surface area contributed by atoms with Crippen LogP contribution in [-0.4, -0.2) is 4.98 Å². The predicted octanol–water partition coefficient (Wildman–Crippen LogP) is 4.87. The summed E-state index contributed by atoms with van der Waals surface area (Å²) < 4.78 is 38.9. The molecule has 0 amide bonds. The van der Waals surface area contributed by atoms with Gasteiger partial charge < -0.3 is 5.73 Å². The Morgan fingerprint density at radius 3 is 2.52 bits per heavy atom. The Morgan fingerprint density at radius 1 is 1.10 bits per heavy atom. The Hall–Kier alpha value is -2.08. The van der Waals surface area contributed by atoms with Crippen LogP contribution in [0.1, 0.15) is 11.1 Å². The van der Waals surface area contributed by atoms with Gasteiger partial charge in [-0.1, -0.05) is 6.07 Å². The van der Waals surface area contributed by atoms with E-state index in [9.17, 15) is 13.2 Å². The molecule has 0 aliphatic carbocycles. The van der Waals surface area contributed by atoms with Crippen molar-refractivity contribution in [1.82, 2.24) is 4.98 Å². The number of fused-ring (bicyclic) bond motifs is 1. The number of nitrogens with zero attached hydrogens (tertiary/aromatic N) is 1. The second-order valence-electron chi connectivity index (χ2n) is 4.79. The van der Waals surface area contributed by atoms with E-state index in [0.717, 1.165) is 27.9 Å². The lowest BCUT2D eigenvalue weighted by atomic mass is 10.1. The molecule has 0 saturated carbocycles. The average Bonchev–Trinajstić information content (AvgIpc) is 2.80. The number of thiazole rings is 1. The minimum Gasteiger partial charge on any atom is -0.398 e. The number of aryl methyl sites for hydroxylation is 1. The predicted molar refractivity (Wildman–Crippen MR) is 79.2 cm³/mol. The fourth-order valence-corrected chi connectivity index (χ4v) is 3.08. The third-order valence-electron chi connectivity index (χ3n) is 3.15. The van der Waals surface area contributed by atoms with Crippen LogP contribution >= 0.6 is 11.3 Å². The van der Waals surface area contributed by atoms with Gasteiger partial charge in [-0.25, -0.2) is 4.98 Å².